The molecule has 0 radical (unpaired) electrons. The topological polar surface area (TPSA) is 46.5 Å². The molecule has 1 aromatic carbocycles. The van der Waals surface area contributed by atoms with Crippen LogP contribution in [0.2, 0.25) is 0 Å². The van der Waals surface area contributed by atoms with Gasteiger partial charge in [0.05, 0.1) is 10.4 Å². The predicted octanol–water partition coefficient (Wildman–Crippen LogP) is 8.73. The van der Waals surface area contributed by atoms with Crippen LogP contribution < -0.4 is 0 Å². The van der Waals surface area contributed by atoms with Crippen molar-refractivity contribution in [1.82, 2.24) is 0 Å². The van der Waals surface area contributed by atoms with Crippen LogP contribution in [0.3, 0.4) is 0 Å². The lowest BCUT2D eigenvalue weighted by Gasteiger charge is -2.48. The molecule has 1 saturated carbocycles. The van der Waals surface area contributed by atoms with Crippen LogP contribution in [0.5, 0.6) is 5.75 Å². The molecule has 190 valence electrons. The maximum Gasteiger partial charge on any atom is 0.338 e. The van der Waals surface area contributed by atoms with Crippen molar-refractivity contribution in [3.63, 3.8) is 0 Å². The molecular formula is C28H39Br3O3. The minimum atomic E-state index is -0.663. The molecule has 1 N–H and O–H groups in total. The monoisotopic (exact) mass is 660 g/mol. The third-order valence-electron chi connectivity index (χ3n) is 8.40. The fraction of sp³-hybridized carbons (Fsp3) is 0.679. The largest absolute Gasteiger partial charge is 0.508 e. The first-order chi connectivity index (χ1) is 15.7. The minimum absolute atomic E-state index is 0.00257. The van der Waals surface area contributed by atoms with Crippen LogP contribution >= 0.6 is 47.8 Å². The molecule has 34 heavy (non-hydrogen) atoms. The number of carbonyl (C=O) groups excluding carboxylic acids is 1. The first kappa shape index (κ1) is 28.2. The fourth-order valence-corrected chi connectivity index (χ4v) is 7.06. The highest BCUT2D eigenvalue weighted by Gasteiger charge is 2.45. The Hall–Kier alpha value is -0.330. The number of aromatic hydroxyl groups is 1. The zero-order valence-corrected chi connectivity index (χ0v) is 25.9. The molecule has 2 bridgehead atoms. The predicted molar refractivity (Wildman–Crippen MR) is 152 cm³/mol. The van der Waals surface area contributed by atoms with E-state index < -0.39 is 5.60 Å². The van der Waals surface area contributed by atoms with Crippen molar-refractivity contribution >= 4 is 53.8 Å². The normalized spacial score (nSPS) is 34.7. The van der Waals surface area contributed by atoms with E-state index in [-0.39, 0.29) is 33.3 Å². The van der Waals surface area contributed by atoms with Gasteiger partial charge in [0.15, 0.2) is 0 Å². The number of benzene rings is 1. The third kappa shape index (κ3) is 5.96. The molecule has 1 aliphatic heterocycles. The van der Waals surface area contributed by atoms with Crippen molar-refractivity contribution < 1.29 is 14.6 Å². The first-order valence-corrected chi connectivity index (χ1v) is 15.1. The Morgan fingerprint density at radius 3 is 2.29 bits per heavy atom. The number of hydrogen-bond acceptors (Lipinski definition) is 3. The van der Waals surface area contributed by atoms with Gasteiger partial charge in [0.25, 0.3) is 0 Å². The molecule has 1 heterocycles. The molecule has 2 aliphatic rings. The molecule has 1 fully saturated rings. The van der Waals surface area contributed by atoms with Gasteiger partial charge in [-0.1, -0.05) is 80.7 Å². The maximum atomic E-state index is 13.1. The second-order valence-corrected chi connectivity index (χ2v) is 15.1. The Morgan fingerprint density at radius 2 is 1.62 bits per heavy atom. The van der Waals surface area contributed by atoms with E-state index in [0.29, 0.717) is 21.6 Å². The molecule has 0 saturated heterocycles. The summed E-state index contributed by atoms with van der Waals surface area (Å²) in [6, 6.07) is 5.09. The fourth-order valence-electron chi connectivity index (χ4n) is 5.50. The van der Waals surface area contributed by atoms with Gasteiger partial charge in [0.1, 0.15) is 11.4 Å². The molecule has 0 amide bonds. The second kappa shape index (κ2) is 10.6. The molecule has 0 aromatic heterocycles. The van der Waals surface area contributed by atoms with Crippen molar-refractivity contribution in [2.75, 3.05) is 0 Å². The van der Waals surface area contributed by atoms with E-state index in [2.05, 4.69) is 75.1 Å². The lowest BCUT2D eigenvalue weighted by molar-refractivity contribution is -0.00277. The second-order valence-electron chi connectivity index (χ2n) is 11.8. The van der Waals surface area contributed by atoms with Gasteiger partial charge in [-0.25, -0.2) is 4.79 Å². The van der Waals surface area contributed by atoms with Crippen molar-refractivity contribution in [1.29, 1.82) is 0 Å². The van der Waals surface area contributed by atoms with E-state index >= 15 is 0 Å². The third-order valence-corrected chi connectivity index (χ3v) is 13.2. The quantitative estimate of drug-likeness (QED) is 0.172. The summed E-state index contributed by atoms with van der Waals surface area (Å²) in [5, 5.41) is 10.7. The highest BCUT2D eigenvalue weighted by atomic mass is 79.9. The number of allylic oxidation sites excluding steroid dienone is 1. The summed E-state index contributed by atoms with van der Waals surface area (Å²) in [6.07, 6.45) is 6.72. The highest BCUT2D eigenvalue weighted by molar-refractivity contribution is 9.10. The maximum absolute atomic E-state index is 13.1. The summed E-state index contributed by atoms with van der Waals surface area (Å²) >= 11 is 11.9. The van der Waals surface area contributed by atoms with Gasteiger partial charge in [-0.2, -0.15) is 0 Å². The molecule has 0 spiro atoms. The van der Waals surface area contributed by atoms with E-state index in [4.69, 9.17) is 4.74 Å². The number of carbonyl (C=O) groups is 1. The smallest absolute Gasteiger partial charge is 0.338 e. The number of phenols is 1. The summed E-state index contributed by atoms with van der Waals surface area (Å²) in [7, 11) is 0. The van der Waals surface area contributed by atoms with Crippen LogP contribution in [0.25, 0.3) is 0 Å². The van der Waals surface area contributed by atoms with Gasteiger partial charge in [-0.3, -0.25) is 0 Å². The number of alkyl halides is 3. The average Bonchev–Trinajstić information content (AvgIpc) is 2.76. The molecule has 3 nitrogen and oxygen atoms in total. The van der Waals surface area contributed by atoms with Gasteiger partial charge in [0.2, 0.25) is 0 Å². The van der Waals surface area contributed by atoms with Gasteiger partial charge in [-0.05, 0) is 99.3 Å². The lowest BCUT2D eigenvalue weighted by Crippen LogP contribution is -2.43. The Kier molecular flexibility index (Phi) is 8.78. The van der Waals surface area contributed by atoms with Crippen LogP contribution in [-0.4, -0.2) is 31.2 Å². The molecule has 5 atom stereocenters. The number of rotatable bonds is 0. The average molecular weight is 663 g/mol. The summed E-state index contributed by atoms with van der Waals surface area (Å²) < 4.78 is 5.99. The van der Waals surface area contributed by atoms with Crippen LogP contribution in [0.1, 0.15) is 89.1 Å². The number of fused-ring (bicyclic) bond motifs is 3. The van der Waals surface area contributed by atoms with Crippen molar-refractivity contribution in [2.45, 2.75) is 99.6 Å². The van der Waals surface area contributed by atoms with Crippen molar-refractivity contribution in [3.8, 4) is 5.75 Å². The number of ether oxygens (including phenoxy) is 1. The molecular weight excluding hydrogens is 624 g/mol. The van der Waals surface area contributed by atoms with Gasteiger partial charge >= 0.3 is 5.97 Å². The number of hydrogen-bond donors (Lipinski definition) is 1. The summed E-state index contributed by atoms with van der Waals surface area (Å²) in [4.78, 5) is 13.9. The summed E-state index contributed by atoms with van der Waals surface area (Å²) in [5.41, 5.74) is 1.92. The van der Waals surface area contributed by atoms with E-state index in [0.717, 1.165) is 44.1 Å². The SMILES string of the molecule is C=C1CC[C@H](Br)[C@@]2(C)CC[C@@H](Br)C(C)(C)CC[C@@H](Br)C(C)(C)OC(=O)c3ccc(O)c(c3)C[C@H]12. The zero-order valence-electron chi connectivity index (χ0n) is 21.1. The summed E-state index contributed by atoms with van der Waals surface area (Å²) in [5.74, 6) is 0.0764. The lowest BCUT2D eigenvalue weighted by atomic mass is 9.61. The van der Waals surface area contributed by atoms with Gasteiger partial charge < -0.3 is 9.84 Å². The Labute approximate surface area is 230 Å². The molecule has 6 heteroatoms. The highest BCUT2D eigenvalue weighted by Crippen LogP contribution is 2.53. The first-order valence-electron chi connectivity index (χ1n) is 12.3. The number of cyclic esters (lactones) is 1. The van der Waals surface area contributed by atoms with Crippen molar-refractivity contribution in [2.24, 2.45) is 16.7 Å². The Bertz CT molecular complexity index is 925. The van der Waals surface area contributed by atoms with Gasteiger partial charge in [0, 0.05) is 9.65 Å². The van der Waals surface area contributed by atoms with E-state index in [1.807, 2.05) is 19.9 Å². The van der Waals surface area contributed by atoms with E-state index in [1.165, 1.54) is 5.57 Å². The standard InChI is InChI=1S/C28H39Br3O3/c1-17-7-10-24(31)28(6)14-12-22(29)26(2,3)13-11-23(30)27(4,5)34-25(33)18-8-9-21(32)19(15-18)16-20(17)28/h8-9,15,20,22-24,32H,1,7,10-14,16H2,2-6H3/t20-,22-,23-,24+,28+/m1/s1. The molecule has 0 unspecified atom stereocenters. The van der Waals surface area contributed by atoms with Crippen LogP contribution in [0, 0.1) is 16.7 Å². The van der Waals surface area contributed by atoms with Crippen molar-refractivity contribution in [3.05, 3.63) is 41.5 Å². The van der Waals surface area contributed by atoms with Crippen LogP contribution in [0.4, 0.5) is 0 Å². The molecule has 1 aromatic rings. The Morgan fingerprint density at radius 1 is 0.971 bits per heavy atom. The summed E-state index contributed by atoms with van der Waals surface area (Å²) in [6.45, 7) is 15.4. The van der Waals surface area contributed by atoms with Crippen LogP contribution in [-0.2, 0) is 11.2 Å². The number of esters is 1. The molecule has 3 rings (SSSR count). The number of halogens is 3. The number of phenolic OH excluding ortho intramolecular Hbond substituents is 1. The molecule has 1 aliphatic carbocycles. The van der Waals surface area contributed by atoms with Crippen LogP contribution in [0.15, 0.2) is 30.4 Å². The van der Waals surface area contributed by atoms with Gasteiger partial charge in [-0.15, -0.1) is 0 Å². The van der Waals surface area contributed by atoms with E-state index in [9.17, 15) is 9.90 Å². The minimum Gasteiger partial charge on any atom is -0.508 e. The zero-order chi connectivity index (χ0) is 25.5. The Balaban J connectivity index is 2.05. The van der Waals surface area contributed by atoms with E-state index in [1.54, 1.807) is 12.1 Å².